The Balaban J connectivity index is 1.69. The molecule has 0 atom stereocenters. The van der Waals surface area contributed by atoms with E-state index < -0.39 is 5.97 Å². The van der Waals surface area contributed by atoms with Gasteiger partial charge in [-0.15, -0.1) is 0 Å². The number of hydrogen-bond donors (Lipinski definition) is 2. The molecule has 126 valence electrons. The van der Waals surface area contributed by atoms with Crippen LogP contribution in [0, 0.1) is 0 Å². The third-order valence-electron chi connectivity index (χ3n) is 3.02. The topological polar surface area (TPSA) is 116 Å². The third kappa shape index (κ3) is 4.61. The molecule has 0 aliphatic carbocycles. The van der Waals surface area contributed by atoms with Gasteiger partial charge in [0.05, 0.1) is 5.56 Å². The van der Waals surface area contributed by atoms with Crippen molar-refractivity contribution in [3.63, 3.8) is 0 Å². The number of esters is 1. The Hall–Kier alpha value is -3.26. The van der Waals surface area contributed by atoms with Crippen molar-refractivity contribution in [2.45, 2.75) is 6.61 Å². The summed E-state index contributed by atoms with van der Waals surface area (Å²) in [7, 11) is 0. The highest BCUT2D eigenvalue weighted by molar-refractivity contribution is 6.29. The second kappa shape index (κ2) is 7.54. The van der Waals surface area contributed by atoms with Crippen molar-refractivity contribution in [1.29, 1.82) is 0 Å². The number of carbonyl (C=O) groups excluding carboxylic acids is 1. The van der Waals surface area contributed by atoms with Gasteiger partial charge >= 0.3 is 5.97 Å². The molecule has 0 unspecified atom stereocenters. The zero-order valence-corrected chi connectivity index (χ0v) is 13.6. The van der Waals surface area contributed by atoms with Gasteiger partial charge in [-0.3, -0.25) is 0 Å². The predicted octanol–water partition coefficient (Wildman–Crippen LogP) is 2.60. The fraction of sp³-hybridized carbons (Fsp3) is 0.0625. The quantitative estimate of drug-likeness (QED) is 0.529. The number of halogens is 1. The zero-order valence-electron chi connectivity index (χ0n) is 12.9. The van der Waals surface area contributed by atoms with E-state index in [1.165, 1.54) is 18.3 Å². The van der Waals surface area contributed by atoms with Crippen LogP contribution in [0.2, 0.25) is 5.15 Å². The van der Waals surface area contributed by atoms with Crippen molar-refractivity contribution in [3.8, 4) is 0 Å². The van der Waals surface area contributed by atoms with Crippen molar-refractivity contribution >= 4 is 35.2 Å². The lowest BCUT2D eigenvalue weighted by molar-refractivity contribution is 0.0462. The van der Waals surface area contributed by atoms with Crippen molar-refractivity contribution in [2.24, 2.45) is 0 Å². The molecule has 9 heteroatoms. The normalized spacial score (nSPS) is 10.3. The molecule has 0 saturated heterocycles. The second-order valence-electron chi connectivity index (χ2n) is 4.87. The molecule has 0 aliphatic heterocycles. The number of para-hydroxylation sites is 1. The van der Waals surface area contributed by atoms with Crippen LogP contribution in [0.1, 0.15) is 16.2 Å². The number of nitrogens with one attached hydrogen (secondary N) is 1. The second-order valence-corrected chi connectivity index (χ2v) is 5.26. The molecule has 25 heavy (non-hydrogen) atoms. The van der Waals surface area contributed by atoms with E-state index in [4.69, 9.17) is 22.1 Å². The molecule has 8 nitrogen and oxygen atoms in total. The maximum Gasteiger partial charge on any atom is 0.338 e. The van der Waals surface area contributed by atoms with Crippen molar-refractivity contribution in [3.05, 3.63) is 65.2 Å². The van der Waals surface area contributed by atoms with Gasteiger partial charge < -0.3 is 15.8 Å². The average Bonchev–Trinajstić information content (AvgIpc) is 2.60. The van der Waals surface area contributed by atoms with E-state index >= 15 is 0 Å². The summed E-state index contributed by atoms with van der Waals surface area (Å²) >= 11 is 5.75. The molecule has 2 heterocycles. The van der Waals surface area contributed by atoms with Gasteiger partial charge in [0.15, 0.2) is 12.4 Å². The highest BCUT2D eigenvalue weighted by Crippen LogP contribution is 2.14. The molecule has 0 radical (unpaired) electrons. The van der Waals surface area contributed by atoms with Crippen molar-refractivity contribution in [1.82, 2.24) is 19.9 Å². The Bertz CT molecular complexity index is 891. The number of nitrogens with two attached hydrogens (primary N) is 1. The molecule has 0 fully saturated rings. The lowest BCUT2D eigenvalue weighted by Gasteiger charge is -2.08. The monoisotopic (exact) mass is 356 g/mol. The smallest absolute Gasteiger partial charge is 0.338 e. The van der Waals surface area contributed by atoms with Gasteiger partial charge in [0.1, 0.15) is 5.15 Å². The molecule has 3 rings (SSSR count). The lowest BCUT2D eigenvalue weighted by Crippen LogP contribution is -2.11. The number of carbonyl (C=O) groups is 1. The molecule has 0 spiro atoms. The highest BCUT2D eigenvalue weighted by Gasteiger charge is 2.11. The van der Waals surface area contributed by atoms with E-state index in [2.05, 4.69) is 25.3 Å². The summed E-state index contributed by atoms with van der Waals surface area (Å²) in [6.45, 7) is -0.158. The predicted molar refractivity (Wildman–Crippen MR) is 92.3 cm³/mol. The van der Waals surface area contributed by atoms with Crippen LogP contribution >= 0.6 is 11.6 Å². The SMILES string of the molecule is Nc1nc(COC(=O)c2ccnc(Cl)c2)nc(Nc2ccccc2)n1. The van der Waals surface area contributed by atoms with Crippen LogP contribution in [-0.2, 0) is 11.3 Å². The van der Waals surface area contributed by atoms with E-state index in [-0.39, 0.29) is 35.0 Å². The van der Waals surface area contributed by atoms with Crippen molar-refractivity contribution in [2.75, 3.05) is 11.1 Å². The van der Waals surface area contributed by atoms with Crippen LogP contribution in [0.15, 0.2) is 48.7 Å². The average molecular weight is 357 g/mol. The van der Waals surface area contributed by atoms with Gasteiger partial charge in [-0.25, -0.2) is 9.78 Å². The molecule has 3 N–H and O–H groups in total. The Labute approximate surface area is 148 Å². The number of nitrogens with zero attached hydrogens (tertiary/aromatic N) is 4. The van der Waals surface area contributed by atoms with Gasteiger partial charge in [0, 0.05) is 11.9 Å². The maximum absolute atomic E-state index is 12.0. The standard InChI is InChI=1S/C16H13ClN6O2/c17-12-8-10(6-7-19-12)14(24)25-9-13-21-15(18)23-16(22-13)20-11-4-2-1-3-5-11/h1-8H,9H2,(H3,18,20,21,22,23). The highest BCUT2D eigenvalue weighted by atomic mass is 35.5. The van der Waals surface area contributed by atoms with Crippen LogP contribution in [0.5, 0.6) is 0 Å². The summed E-state index contributed by atoms with van der Waals surface area (Å²) in [5.74, 6) is -0.0663. The Morgan fingerprint density at radius 3 is 2.72 bits per heavy atom. The molecule has 0 saturated carbocycles. The van der Waals surface area contributed by atoms with Gasteiger partial charge in [0.25, 0.3) is 0 Å². The van der Waals surface area contributed by atoms with Crippen LogP contribution in [0.3, 0.4) is 0 Å². The summed E-state index contributed by atoms with van der Waals surface area (Å²) in [4.78, 5) is 28.0. The minimum atomic E-state index is -0.569. The number of nitrogen functional groups attached to an aromatic ring is 1. The van der Waals surface area contributed by atoms with Crippen LogP contribution in [0.4, 0.5) is 17.6 Å². The van der Waals surface area contributed by atoms with E-state index in [1.807, 2.05) is 30.3 Å². The summed E-state index contributed by atoms with van der Waals surface area (Å²) < 4.78 is 5.17. The molecule has 0 amide bonds. The number of anilines is 3. The zero-order chi connectivity index (χ0) is 17.6. The molecule has 1 aromatic carbocycles. The summed E-state index contributed by atoms with van der Waals surface area (Å²) in [5.41, 5.74) is 6.76. The van der Waals surface area contributed by atoms with Crippen LogP contribution < -0.4 is 11.1 Å². The fourth-order valence-corrected chi connectivity index (χ4v) is 2.13. The molecule has 0 aliphatic rings. The number of benzene rings is 1. The lowest BCUT2D eigenvalue weighted by atomic mass is 10.3. The van der Waals surface area contributed by atoms with Gasteiger partial charge in [-0.05, 0) is 24.3 Å². The minimum Gasteiger partial charge on any atom is -0.454 e. The Morgan fingerprint density at radius 1 is 1.16 bits per heavy atom. The number of aromatic nitrogens is 4. The van der Waals surface area contributed by atoms with Crippen molar-refractivity contribution < 1.29 is 9.53 Å². The van der Waals surface area contributed by atoms with E-state index in [0.717, 1.165) is 5.69 Å². The molecular weight excluding hydrogens is 344 g/mol. The number of pyridine rings is 1. The number of rotatable bonds is 5. The first-order chi connectivity index (χ1) is 12.1. The van der Waals surface area contributed by atoms with Crippen LogP contribution in [0.25, 0.3) is 0 Å². The van der Waals surface area contributed by atoms with Crippen LogP contribution in [-0.4, -0.2) is 25.9 Å². The van der Waals surface area contributed by atoms with Gasteiger partial charge in [-0.2, -0.15) is 15.0 Å². The van der Waals surface area contributed by atoms with Gasteiger partial charge in [0.2, 0.25) is 11.9 Å². The Morgan fingerprint density at radius 2 is 1.96 bits per heavy atom. The first-order valence-electron chi connectivity index (χ1n) is 7.21. The summed E-state index contributed by atoms with van der Waals surface area (Å²) in [6, 6.07) is 12.3. The number of hydrogen-bond acceptors (Lipinski definition) is 8. The van der Waals surface area contributed by atoms with Gasteiger partial charge in [-0.1, -0.05) is 29.8 Å². The molecule has 3 aromatic rings. The van der Waals surface area contributed by atoms with E-state index in [1.54, 1.807) is 0 Å². The Kier molecular flexibility index (Phi) is 5.00. The molecule has 2 aromatic heterocycles. The maximum atomic E-state index is 12.0. The van der Waals surface area contributed by atoms with E-state index in [9.17, 15) is 4.79 Å². The molecule has 0 bridgehead atoms. The first-order valence-corrected chi connectivity index (χ1v) is 7.59. The molecular formula is C16H13ClN6O2. The number of ether oxygens (including phenoxy) is 1. The fourth-order valence-electron chi connectivity index (χ4n) is 1.95. The summed E-state index contributed by atoms with van der Waals surface area (Å²) in [6.07, 6.45) is 1.42. The summed E-state index contributed by atoms with van der Waals surface area (Å²) in [5, 5.41) is 3.21. The minimum absolute atomic E-state index is 0.0198. The first kappa shape index (κ1) is 16.6. The van der Waals surface area contributed by atoms with E-state index in [0.29, 0.717) is 0 Å². The third-order valence-corrected chi connectivity index (χ3v) is 3.23. The largest absolute Gasteiger partial charge is 0.454 e.